The van der Waals surface area contributed by atoms with Crippen LogP contribution in [0.5, 0.6) is 0 Å². The number of aryl methyl sites for hydroxylation is 1. The number of amides is 1. The van der Waals surface area contributed by atoms with E-state index in [1.165, 1.54) is 11.5 Å². The number of hydrogen-bond donors (Lipinski definition) is 1. The topological polar surface area (TPSA) is 51.2 Å². The first-order valence-electron chi connectivity index (χ1n) is 4.29. The molecular formula is C9H14N2O2S. The Labute approximate surface area is 87.4 Å². The maximum Gasteiger partial charge on any atom is 0.412 e. The van der Waals surface area contributed by atoms with Crippen molar-refractivity contribution < 1.29 is 9.53 Å². The summed E-state index contributed by atoms with van der Waals surface area (Å²) >= 11 is 1.31. The first kappa shape index (κ1) is 11.0. The van der Waals surface area contributed by atoms with Crippen LogP contribution >= 0.6 is 11.5 Å². The third-order valence-corrected chi connectivity index (χ3v) is 2.11. The van der Waals surface area contributed by atoms with Crippen LogP contribution in [0.4, 0.5) is 10.5 Å². The molecule has 0 fully saturated rings. The molecule has 0 radical (unpaired) electrons. The predicted molar refractivity (Wildman–Crippen MR) is 56.7 cm³/mol. The van der Waals surface area contributed by atoms with Crippen LogP contribution in [-0.4, -0.2) is 16.1 Å². The summed E-state index contributed by atoms with van der Waals surface area (Å²) in [7, 11) is 0. The maximum absolute atomic E-state index is 11.3. The first-order chi connectivity index (χ1) is 6.38. The minimum atomic E-state index is -0.471. The second kappa shape index (κ2) is 3.96. The molecule has 1 rings (SSSR count). The van der Waals surface area contributed by atoms with Crippen molar-refractivity contribution in [3.05, 3.63) is 11.1 Å². The molecule has 78 valence electrons. The first-order valence-corrected chi connectivity index (χ1v) is 5.13. The van der Waals surface area contributed by atoms with Crippen molar-refractivity contribution in [1.29, 1.82) is 0 Å². The van der Waals surface area contributed by atoms with Crippen LogP contribution in [0.15, 0.2) is 5.38 Å². The molecule has 14 heavy (non-hydrogen) atoms. The molecule has 0 unspecified atom stereocenters. The quantitative estimate of drug-likeness (QED) is 0.782. The van der Waals surface area contributed by atoms with Gasteiger partial charge >= 0.3 is 6.09 Å². The molecule has 0 aromatic carbocycles. The van der Waals surface area contributed by atoms with Gasteiger partial charge in [0, 0.05) is 5.38 Å². The standard InChI is InChI=1S/C9H14N2O2S/c1-6-7(5-14-11-6)10-8(12)13-9(2,3)4/h5H,1-4H3,(H,10,12). The van der Waals surface area contributed by atoms with Gasteiger partial charge < -0.3 is 4.74 Å². The zero-order chi connectivity index (χ0) is 10.8. The van der Waals surface area contributed by atoms with Gasteiger partial charge in [0.2, 0.25) is 0 Å². The van der Waals surface area contributed by atoms with Gasteiger partial charge in [0.25, 0.3) is 0 Å². The normalized spacial score (nSPS) is 11.1. The lowest BCUT2D eigenvalue weighted by Crippen LogP contribution is -2.27. The lowest BCUT2D eigenvalue weighted by atomic mass is 10.2. The Morgan fingerprint density at radius 2 is 2.21 bits per heavy atom. The van der Waals surface area contributed by atoms with Gasteiger partial charge in [-0.3, -0.25) is 5.32 Å². The molecule has 0 aliphatic carbocycles. The van der Waals surface area contributed by atoms with E-state index in [1.807, 2.05) is 27.7 Å². The molecule has 0 spiro atoms. The van der Waals surface area contributed by atoms with Crippen LogP contribution < -0.4 is 5.32 Å². The highest BCUT2D eigenvalue weighted by atomic mass is 32.1. The molecule has 1 aromatic heterocycles. The van der Waals surface area contributed by atoms with E-state index in [1.54, 1.807) is 5.38 Å². The summed E-state index contributed by atoms with van der Waals surface area (Å²) in [5.74, 6) is 0. The molecule has 1 aromatic rings. The second-order valence-corrected chi connectivity index (χ2v) is 4.57. The number of rotatable bonds is 1. The van der Waals surface area contributed by atoms with E-state index < -0.39 is 11.7 Å². The Bertz CT molecular complexity index is 328. The number of anilines is 1. The summed E-state index contributed by atoms with van der Waals surface area (Å²) in [6.45, 7) is 7.31. The molecule has 0 bridgehead atoms. The summed E-state index contributed by atoms with van der Waals surface area (Å²) in [6, 6.07) is 0. The number of hydrogen-bond acceptors (Lipinski definition) is 4. The van der Waals surface area contributed by atoms with Crippen LogP contribution in [-0.2, 0) is 4.74 Å². The average molecular weight is 214 g/mol. The second-order valence-electron chi connectivity index (χ2n) is 3.94. The number of carbonyl (C=O) groups excluding carboxylic acids is 1. The Morgan fingerprint density at radius 3 is 2.64 bits per heavy atom. The smallest absolute Gasteiger partial charge is 0.412 e. The predicted octanol–water partition coefficient (Wildman–Crippen LogP) is 2.80. The van der Waals surface area contributed by atoms with Gasteiger partial charge in [-0.2, -0.15) is 4.37 Å². The van der Waals surface area contributed by atoms with Crippen molar-refractivity contribution in [3.63, 3.8) is 0 Å². The monoisotopic (exact) mass is 214 g/mol. The molecule has 0 saturated carbocycles. The Morgan fingerprint density at radius 1 is 1.57 bits per heavy atom. The van der Waals surface area contributed by atoms with E-state index in [4.69, 9.17) is 4.74 Å². The summed E-state index contributed by atoms with van der Waals surface area (Å²) in [5, 5.41) is 4.41. The minimum absolute atomic E-state index is 0.444. The Kier molecular flexibility index (Phi) is 3.10. The van der Waals surface area contributed by atoms with Crippen LogP contribution in [0.2, 0.25) is 0 Å². The fourth-order valence-electron chi connectivity index (χ4n) is 0.826. The van der Waals surface area contributed by atoms with Gasteiger partial charge in [-0.05, 0) is 39.2 Å². The molecule has 4 nitrogen and oxygen atoms in total. The molecule has 5 heteroatoms. The van der Waals surface area contributed by atoms with Crippen molar-refractivity contribution in [2.45, 2.75) is 33.3 Å². The summed E-state index contributed by atoms with van der Waals surface area (Å²) in [5.41, 5.74) is 1.05. The lowest BCUT2D eigenvalue weighted by molar-refractivity contribution is 0.0636. The number of nitrogens with one attached hydrogen (secondary N) is 1. The zero-order valence-corrected chi connectivity index (χ0v) is 9.57. The van der Waals surface area contributed by atoms with Crippen molar-refractivity contribution in [2.75, 3.05) is 5.32 Å². The van der Waals surface area contributed by atoms with Crippen molar-refractivity contribution in [2.24, 2.45) is 0 Å². The minimum Gasteiger partial charge on any atom is -0.444 e. The SMILES string of the molecule is Cc1nscc1NC(=O)OC(C)(C)C. The molecule has 1 heterocycles. The largest absolute Gasteiger partial charge is 0.444 e. The number of nitrogens with zero attached hydrogens (tertiary/aromatic N) is 1. The van der Waals surface area contributed by atoms with Crippen LogP contribution in [0.3, 0.4) is 0 Å². The Balaban J connectivity index is 2.54. The van der Waals surface area contributed by atoms with Gasteiger partial charge in [0.1, 0.15) is 5.60 Å². The molecule has 0 aliphatic rings. The third kappa shape index (κ3) is 3.33. The molecule has 1 N–H and O–H groups in total. The average Bonchev–Trinajstić information content (AvgIpc) is 2.32. The zero-order valence-electron chi connectivity index (χ0n) is 8.75. The molecule has 1 amide bonds. The van der Waals surface area contributed by atoms with E-state index >= 15 is 0 Å². The summed E-state index contributed by atoms with van der Waals surface area (Å²) in [4.78, 5) is 11.3. The highest BCUT2D eigenvalue weighted by Crippen LogP contribution is 2.16. The number of carbonyl (C=O) groups is 1. The fraction of sp³-hybridized carbons (Fsp3) is 0.556. The van der Waals surface area contributed by atoms with Crippen molar-refractivity contribution >= 4 is 23.3 Å². The van der Waals surface area contributed by atoms with Crippen molar-refractivity contribution in [3.8, 4) is 0 Å². The third-order valence-electron chi connectivity index (χ3n) is 1.39. The van der Waals surface area contributed by atoms with Crippen LogP contribution in [0.1, 0.15) is 26.5 Å². The number of ether oxygens (including phenoxy) is 1. The Hall–Kier alpha value is -1.10. The van der Waals surface area contributed by atoms with E-state index in [0.29, 0.717) is 5.69 Å². The summed E-state index contributed by atoms with van der Waals surface area (Å²) in [6.07, 6.45) is -0.444. The highest BCUT2D eigenvalue weighted by molar-refractivity contribution is 7.04. The van der Waals surface area contributed by atoms with E-state index in [-0.39, 0.29) is 0 Å². The van der Waals surface area contributed by atoms with Gasteiger partial charge in [0.15, 0.2) is 0 Å². The molecule has 0 atom stereocenters. The summed E-state index contributed by atoms with van der Waals surface area (Å²) < 4.78 is 9.13. The van der Waals surface area contributed by atoms with Gasteiger partial charge in [-0.25, -0.2) is 4.79 Å². The van der Waals surface area contributed by atoms with E-state index in [2.05, 4.69) is 9.69 Å². The van der Waals surface area contributed by atoms with Crippen LogP contribution in [0.25, 0.3) is 0 Å². The fourth-order valence-corrected chi connectivity index (χ4v) is 1.47. The van der Waals surface area contributed by atoms with E-state index in [0.717, 1.165) is 5.69 Å². The highest BCUT2D eigenvalue weighted by Gasteiger charge is 2.16. The van der Waals surface area contributed by atoms with E-state index in [9.17, 15) is 4.79 Å². The van der Waals surface area contributed by atoms with Gasteiger partial charge in [-0.15, -0.1) is 0 Å². The molecular weight excluding hydrogens is 200 g/mol. The lowest BCUT2D eigenvalue weighted by Gasteiger charge is -2.19. The van der Waals surface area contributed by atoms with Gasteiger partial charge in [0.05, 0.1) is 11.4 Å². The van der Waals surface area contributed by atoms with Crippen molar-refractivity contribution in [1.82, 2.24) is 4.37 Å². The number of aromatic nitrogens is 1. The maximum atomic E-state index is 11.3. The molecule has 0 saturated heterocycles. The van der Waals surface area contributed by atoms with Crippen LogP contribution in [0, 0.1) is 6.92 Å². The van der Waals surface area contributed by atoms with Gasteiger partial charge in [-0.1, -0.05) is 0 Å². The molecule has 0 aliphatic heterocycles.